The molecule has 5 nitrogen and oxygen atoms in total. The molecule has 0 N–H and O–H groups in total. The smallest absolute Gasteiger partial charge is 0.430 e. The van der Waals surface area contributed by atoms with E-state index in [1.54, 1.807) is 0 Å². The summed E-state index contributed by atoms with van der Waals surface area (Å²) in [4.78, 5) is 10.3. The second kappa shape index (κ2) is 5.97. The van der Waals surface area contributed by atoms with Crippen LogP contribution in [0.4, 0.5) is 0 Å². The Balaban J connectivity index is 3.34. The molecule has 11 heavy (non-hydrogen) atoms. The van der Waals surface area contributed by atoms with E-state index in [1.165, 1.54) is 7.11 Å². The zero-order valence-electron chi connectivity index (χ0n) is 5.98. The first-order chi connectivity index (χ1) is 5.20. The van der Waals surface area contributed by atoms with Crippen molar-refractivity contribution < 1.29 is 23.1 Å². The van der Waals surface area contributed by atoms with Gasteiger partial charge in [-0.25, -0.2) is 4.79 Å². The average molecular weight is 179 g/mol. The van der Waals surface area contributed by atoms with Crippen molar-refractivity contribution >= 4 is 14.2 Å². The van der Waals surface area contributed by atoms with E-state index in [9.17, 15) is 9.36 Å². The van der Waals surface area contributed by atoms with Crippen molar-refractivity contribution in [2.75, 3.05) is 13.9 Å². The Morgan fingerprint density at radius 1 is 1.73 bits per heavy atom. The predicted molar refractivity (Wildman–Crippen MR) is 36.9 cm³/mol. The van der Waals surface area contributed by atoms with Gasteiger partial charge in [0, 0.05) is 10.6 Å². The van der Waals surface area contributed by atoms with Gasteiger partial charge in [-0.3, -0.25) is 0 Å². The van der Waals surface area contributed by atoms with Crippen LogP contribution in [-0.4, -0.2) is 19.9 Å². The maximum Gasteiger partial charge on any atom is 0.700 e. The summed E-state index contributed by atoms with van der Waals surface area (Å²) in [6.07, 6.45) is 0.975. The van der Waals surface area contributed by atoms with Crippen molar-refractivity contribution in [3.05, 3.63) is 12.7 Å². The fourth-order valence-corrected chi connectivity index (χ4v) is 0.483. The molecule has 0 amide bonds. The number of hydrogen-bond donors (Lipinski definition) is 0. The average Bonchev–Trinajstić information content (AvgIpc) is 2.04. The maximum absolute atomic E-state index is 10.4. The first-order valence-electron chi connectivity index (χ1n) is 2.64. The van der Waals surface area contributed by atoms with Gasteiger partial charge in [0.1, 0.15) is 0 Å². The van der Waals surface area contributed by atoms with Gasteiger partial charge in [-0.05, 0) is 0 Å². The van der Waals surface area contributed by atoms with Crippen LogP contribution in [-0.2, 0) is 23.1 Å². The number of hydrogen-bond acceptors (Lipinski definition) is 5. The first-order valence-corrected chi connectivity index (χ1v) is 3.73. The Kier molecular flexibility index (Phi) is 5.56. The summed E-state index contributed by atoms with van der Waals surface area (Å²) in [5.41, 5.74) is 0. The number of rotatable bonds is 5. The van der Waals surface area contributed by atoms with Gasteiger partial charge >= 0.3 is 14.2 Å². The van der Waals surface area contributed by atoms with Gasteiger partial charge < -0.3 is 4.74 Å². The molecule has 1 unspecified atom stereocenters. The van der Waals surface area contributed by atoms with E-state index in [0.717, 1.165) is 6.08 Å². The molecular formula is C5H8O5P+. The third-order valence-electron chi connectivity index (χ3n) is 0.675. The molecule has 0 aliphatic rings. The zero-order valence-corrected chi connectivity index (χ0v) is 6.87. The quantitative estimate of drug-likeness (QED) is 0.272. The first kappa shape index (κ1) is 10.2. The Morgan fingerprint density at radius 3 is 2.82 bits per heavy atom. The monoisotopic (exact) mass is 179 g/mol. The topological polar surface area (TPSA) is 61.8 Å². The third-order valence-corrected chi connectivity index (χ3v) is 1.29. The lowest BCUT2D eigenvalue weighted by atomic mass is 10.7. The van der Waals surface area contributed by atoms with Crippen LogP contribution >= 0.6 is 8.25 Å². The molecule has 62 valence electrons. The lowest BCUT2D eigenvalue weighted by Gasteiger charge is -1.92. The van der Waals surface area contributed by atoms with Gasteiger partial charge in [-0.1, -0.05) is 11.1 Å². The number of carbonyl (C=O) groups is 1. The van der Waals surface area contributed by atoms with E-state index in [0.29, 0.717) is 0 Å². The van der Waals surface area contributed by atoms with Crippen LogP contribution in [0.1, 0.15) is 0 Å². The molecule has 0 saturated heterocycles. The predicted octanol–water partition coefficient (Wildman–Crippen LogP) is 0.993. The highest BCUT2D eigenvalue weighted by Gasteiger charge is 2.17. The minimum atomic E-state index is -2.18. The Labute approximate surface area is 64.9 Å². The van der Waals surface area contributed by atoms with Crippen molar-refractivity contribution in [2.24, 2.45) is 0 Å². The van der Waals surface area contributed by atoms with Gasteiger partial charge in [0.25, 0.3) is 0 Å². The van der Waals surface area contributed by atoms with Crippen LogP contribution in [0.25, 0.3) is 0 Å². The van der Waals surface area contributed by atoms with Gasteiger partial charge in [-0.15, -0.1) is 4.52 Å². The minimum absolute atomic E-state index is 0.395. The van der Waals surface area contributed by atoms with Crippen molar-refractivity contribution in [2.45, 2.75) is 0 Å². The SMILES string of the molecule is C=CC(=O)OCO[P+](=O)OC. The van der Waals surface area contributed by atoms with Crippen LogP contribution in [0.15, 0.2) is 12.7 Å². The fourth-order valence-electron chi connectivity index (χ4n) is 0.239. The molecule has 0 saturated carbocycles. The van der Waals surface area contributed by atoms with E-state index < -0.39 is 21.0 Å². The highest BCUT2D eigenvalue weighted by molar-refractivity contribution is 7.33. The summed E-state index contributed by atoms with van der Waals surface area (Å²) in [7, 11) is -0.959. The fraction of sp³-hybridized carbons (Fsp3) is 0.400. The number of carbonyl (C=O) groups excluding carboxylic acids is 1. The molecule has 0 aromatic carbocycles. The summed E-state index contributed by atoms with van der Waals surface area (Å²) in [5.74, 6) is -0.635. The minimum Gasteiger partial charge on any atom is -0.430 e. The van der Waals surface area contributed by atoms with Crippen LogP contribution in [0.3, 0.4) is 0 Å². The molecule has 0 rings (SSSR count). The lowest BCUT2D eigenvalue weighted by Crippen LogP contribution is -2.02. The highest BCUT2D eigenvalue weighted by atomic mass is 31.1. The summed E-state index contributed by atoms with van der Waals surface area (Å²) in [5, 5.41) is 0. The molecule has 0 heterocycles. The lowest BCUT2D eigenvalue weighted by molar-refractivity contribution is -0.144. The molecule has 0 spiro atoms. The van der Waals surface area contributed by atoms with E-state index >= 15 is 0 Å². The van der Waals surface area contributed by atoms with Crippen LogP contribution in [0.5, 0.6) is 0 Å². The normalized spacial score (nSPS) is 10.5. The van der Waals surface area contributed by atoms with Crippen LogP contribution < -0.4 is 0 Å². The van der Waals surface area contributed by atoms with E-state index in [1.807, 2.05) is 0 Å². The summed E-state index contributed by atoms with van der Waals surface area (Å²) in [6, 6.07) is 0. The third kappa shape index (κ3) is 5.66. The maximum atomic E-state index is 10.4. The standard InChI is InChI=1S/C5H8O5P/c1-3-5(6)9-4-10-11(7)8-2/h3H,1,4H2,2H3/q+1. The van der Waals surface area contributed by atoms with E-state index in [4.69, 9.17) is 0 Å². The molecule has 6 heteroatoms. The summed E-state index contributed by atoms with van der Waals surface area (Å²) in [6.45, 7) is 2.75. The molecule has 0 aromatic rings. The second-order valence-corrected chi connectivity index (χ2v) is 2.39. The Hall–Kier alpha value is -0.770. The molecule has 0 aliphatic heterocycles. The molecule has 0 aliphatic carbocycles. The molecule has 0 bridgehead atoms. The Morgan fingerprint density at radius 2 is 2.36 bits per heavy atom. The van der Waals surface area contributed by atoms with E-state index in [-0.39, 0.29) is 0 Å². The van der Waals surface area contributed by atoms with E-state index in [2.05, 4.69) is 20.4 Å². The Bertz CT molecular complexity index is 166. The van der Waals surface area contributed by atoms with Gasteiger partial charge in [0.05, 0.1) is 7.11 Å². The summed E-state index contributed by atoms with van der Waals surface area (Å²) >= 11 is 0. The van der Waals surface area contributed by atoms with Gasteiger partial charge in [0.2, 0.25) is 6.79 Å². The van der Waals surface area contributed by atoms with Crippen molar-refractivity contribution in [3.8, 4) is 0 Å². The second-order valence-electron chi connectivity index (χ2n) is 1.32. The highest BCUT2D eigenvalue weighted by Crippen LogP contribution is 2.20. The van der Waals surface area contributed by atoms with Crippen LogP contribution in [0, 0.1) is 0 Å². The van der Waals surface area contributed by atoms with Crippen molar-refractivity contribution in [1.29, 1.82) is 0 Å². The van der Waals surface area contributed by atoms with Crippen molar-refractivity contribution in [3.63, 3.8) is 0 Å². The molecule has 1 atom stereocenters. The molecular weight excluding hydrogens is 171 g/mol. The number of esters is 1. The molecule has 0 aromatic heterocycles. The summed E-state index contributed by atoms with van der Waals surface area (Å²) < 4.78 is 23.3. The molecule has 0 fully saturated rings. The van der Waals surface area contributed by atoms with Crippen molar-refractivity contribution in [1.82, 2.24) is 0 Å². The number of ether oxygens (including phenoxy) is 1. The van der Waals surface area contributed by atoms with Crippen LogP contribution in [0.2, 0.25) is 0 Å². The molecule has 0 radical (unpaired) electrons. The van der Waals surface area contributed by atoms with Gasteiger partial charge in [0.15, 0.2) is 0 Å². The van der Waals surface area contributed by atoms with Gasteiger partial charge in [-0.2, -0.15) is 0 Å². The zero-order chi connectivity index (χ0) is 8.69. The largest absolute Gasteiger partial charge is 0.700 e.